The second-order valence-corrected chi connectivity index (χ2v) is 4.28. The second-order valence-electron chi connectivity index (χ2n) is 4.28. The van der Waals surface area contributed by atoms with Gasteiger partial charge in [-0.1, -0.05) is 6.42 Å². The molecule has 0 amide bonds. The molecule has 2 atom stereocenters. The molecule has 0 aromatic heterocycles. The Morgan fingerprint density at radius 2 is 2.00 bits per heavy atom. The minimum atomic E-state index is 0.369. The first-order valence-corrected chi connectivity index (χ1v) is 5.32. The van der Waals surface area contributed by atoms with Gasteiger partial charge in [-0.25, -0.2) is 0 Å². The van der Waals surface area contributed by atoms with Gasteiger partial charge in [0.2, 0.25) is 0 Å². The molecule has 1 aliphatic heterocycles. The van der Waals surface area contributed by atoms with Crippen molar-refractivity contribution < 1.29 is 9.84 Å². The molecule has 1 heterocycles. The molecular formula is C10H19NO2. The predicted octanol–water partition coefficient (Wildman–Crippen LogP) is 0.383. The molecule has 0 bridgehead atoms. The third-order valence-corrected chi connectivity index (χ3v) is 3.36. The molecule has 0 radical (unpaired) electrons. The van der Waals surface area contributed by atoms with Crippen molar-refractivity contribution in [3.8, 4) is 0 Å². The van der Waals surface area contributed by atoms with E-state index >= 15 is 0 Å². The molecule has 3 nitrogen and oxygen atoms in total. The van der Waals surface area contributed by atoms with Gasteiger partial charge in [0.25, 0.3) is 0 Å². The van der Waals surface area contributed by atoms with Crippen LogP contribution in [0.1, 0.15) is 19.3 Å². The Bertz CT molecular complexity index is 159. The van der Waals surface area contributed by atoms with Crippen molar-refractivity contribution in [2.75, 3.05) is 26.4 Å². The lowest BCUT2D eigenvalue weighted by molar-refractivity contribution is -0.00751. The number of rotatable bonds is 4. The van der Waals surface area contributed by atoms with Crippen LogP contribution in [0.3, 0.4) is 0 Å². The summed E-state index contributed by atoms with van der Waals surface area (Å²) in [6.45, 7) is 3.18. The fraction of sp³-hybridized carbons (Fsp3) is 1.00. The highest BCUT2D eigenvalue weighted by Gasteiger charge is 2.27. The summed E-state index contributed by atoms with van der Waals surface area (Å²) >= 11 is 0. The van der Waals surface area contributed by atoms with E-state index in [0.717, 1.165) is 19.8 Å². The normalized spacial score (nSPS) is 34.8. The Labute approximate surface area is 79.5 Å². The molecule has 1 aliphatic carbocycles. The number of aliphatic hydroxyl groups excluding tert-OH is 1. The van der Waals surface area contributed by atoms with Crippen molar-refractivity contribution in [1.29, 1.82) is 0 Å². The number of hydrogen-bond acceptors (Lipinski definition) is 3. The van der Waals surface area contributed by atoms with Crippen LogP contribution in [0, 0.1) is 11.8 Å². The standard InChI is InChI=1S/C10H19NO2/c12-5-9-3-1-2-8(9)4-11-10-6-13-7-10/h8-12H,1-7H2. The van der Waals surface area contributed by atoms with Crippen molar-refractivity contribution in [1.82, 2.24) is 5.32 Å². The van der Waals surface area contributed by atoms with E-state index in [1.54, 1.807) is 0 Å². The zero-order chi connectivity index (χ0) is 9.10. The van der Waals surface area contributed by atoms with E-state index in [9.17, 15) is 0 Å². The topological polar surface area (TPSA) is 41.5 Å². The van der Waals surface area contributed by atoms with Crippen LogP contribution in [0.4, 0.5) is 0 Å². The summed E-state index contributed by atoms with van der Waals surface area (Å²) in [4.78, 5) is 0. The van der Waals surface area contributed by atoms with Gasteiger partial charge >= 0.3 is 0 Å². The Morgan fingerprint density at radius 3 is 2.62 bits per heavy atom. The van der Waals surface area contributed by atoms with Gasteiger partial charge in [0.05, 0.1) is 19.3 Å². The summed E-state index contributed by atoms with van der Waals surface area (Å²) in [5.41, 5.74) is 0. The first kappa shape index (κ1) is 9.44. The highest BCUT2D eigenvalue weighted by atomic mass is 16.5. The van der Waals surface area contributed by atoms with Crippen molar-refractivity contribution in [2.45, 2.75) is 25.3 Å². The van der Waals surface area contributed by atoms with Crippen LogP contribution in [-0.4, -0.2) is 37.5 Å². The highest BCUT2D eigenvalue weighted by molar-refractivity contribution is 4.81. The van der Waals surface area contributed by atoms with Gasteiger partial charge in [-0.15, -0.1) is 0 Å². The third-order valence-electron chi connectivity index (χ3n) is 3.36. The van der Waals surface area contributed by atoms with Gasteiger partial charge in [0.1, 0.15) is 0 Å². The van der Waals surface area contributed by atoms with E-state index in [2.05, 4.69) is 5.32 Å². The Balaban J connectivity index is 1.67. The quantitative estimate of drug-likeness (QED) is 0.665. The smallest absolute Gasteiger partial charge is 0.0643 e. The number of hydrogen-bond donors (Lipinski definition) is 2. The fourth-order valence-corrected chi connectivity index (χ4v) is 2.29. The molecule has 2 fully saturated rings. The molecule has 2 unspecified atom stereocenters. The second kappa shape index (κ2) is 4.40. The zero-order valence-electron chi connectivity index (χ0n) is 8.04. The summed E-state index contributed by atoms with van der Waals surface area (Å²) in [5, 5.41) is 12.6. The highest BCUT2D eigenvalue weighted by Crippen LogP contribution is 2.30. The molecule has 76 valence electrons. The van der Waals surface area contributed by atoms with Crippen LogP contribution in [0.15, 0.2) is 0 Å². The van der Waals surface area contributed by atoms with Crippen molar-refractivity contribution in [3.05, 3.63) is 0 Å². The van der Waals surface area contributed by atoms with Crippen molar-refractivity contribution >= 4 is 0 Å². The average Bonchev–Trinajstić information content (AvgIpc) is 2.49. The van der Waals surface area contributed by atoms with Gasteiger partial charge in [-0.3, -0.25) is 0 Å². The third kappa shape index (κ3) is 2.22. The van der Waals surface area contributed by atoms with Crippen LogP contribution in [0.25, 0.3) is 0 Å². The summed E-state index contributed by atoms with van der Waals surface area (Å²) in [6, 6.07) is 0.583. The molecule has 13 heavy (non-hydrogen) atoms. The lowest BCUT2D eigenvalue weighted by Crippen LogP contribution is -2.47. The summed E-state index contributed by atoms with van der Waals surface area (Å²) in [5.74, 6) is 1.25. The SMILES string of the molecule is OCC1CCCC1CNC1COC1. The molecule has 2 N–H and O–H groups in total. The van der Waals surface area contributed by atoms with Crippen LogP contribution < -0.4 is 5.32 Å². The minimum absolute atomic E-state index is 0.369. The van der Waals surface area contributed by atoms with E-state index in [4.69, 9.17) is 9.84 Å². The molecule has 2 aliphatic rings. The molecule has 1 saturated heterocycles. The van der Waals surface area contributed by atoms with E-state index in [1.807, 2.05) is 0 Å². The summed E-state index contributed by atoms with van der Waals surface area (Å²) in [6.07, 6.45) is 3.79. The Hall–Kier alpha value is -0.120. The molecule has 0 aromatic carbocycles. The molecule has 1 saturated carbocycles. The van der Waals surface area contributed by atoms with E-state index in [1.165, 1.54) is 19.3 Å². The largest absolute Gasteiger partial charge is 0.396 e. The van der Waals surface area contributed by atoms with Gasteiger partial charge in [0.15, 0.2) is 0 Å². The van der Waals surface area contributed by atoms with Crippen LogP contribution in [0.2, 0.25) is 0 Å². The van der Waals surface area contributed by atoms with Crippen molar-refractivity contribution in [2.24, 2.45) is 11.8 Å². The Morgan fingerprint density at radius 1 is 1.23 bits per heavy atom. The number of ether oxygens (including phenoxy) is 1. The fourth-order valence-electron chi connectivity index (χ4n) is 2.29. The lowest BCUT2D eigenvalue weighted by atomic mass is 9.96. The zero-order valence-corrected chi connectivity index (χ0v) is 8.04. The molecule has 0 spiro atoms. The summed E-state index contributed by atoms with van der Waals surface area (Å²) < 4.78 is 5.09. The maximum Gasteiger partial charge on any atom is 0.0643 e. The lowest BCUT2D eigenvalue weighted by Gasteiger charge is -2.29. The Kier molecular flexibility index (Phi) is 3.19. The van der Waals surface area contributed by atoms with E-state index in [-0.39, 0.29) is 0 Å². The van der Waals surface area contributed by atoms with Crippen LogP contribution in [0.5, 0.6) is 0 Å². The predicted molar refractivity (Wildman–Crippen MR) is 50.5 cm³/mol. The van der Waals surface area contributed by atoms with Gasteiger partial charge in [-0.2, -0.15) is 0 Å². The minimum Gasteiger partial charge on any atom is -0.396 e. The van der Waals surface area contributed by atoms with Gasteiger partial charge in [-0.05, 0) is 31.2 Å². The maximum absolute atomic E-state index is 9.12. The molecular weight excluding hydrogens is 166 g/mol. The van der Waals surface area contributed by atoms with E-state index in [0.29, 0.717) is 24.5 Å². The molecule has 0 aromatic rings. The molecule has 3 heteroatoms. The van der Waals surface area contributed by atoms with Crippen LogP contribution in [-0.2, 0) is 4.74 Å². The first-order chi connectivity index (χ1) is 6.40. The van der Waals surface area contributed by atoms with Crippen LogP contribution >= 0.6 is 0 Å². The monoisotopic (exact) mass is 185 g/mol. The van der Waals surface area contributed by atoms with E-state index < -0.39 is 0 Å². The van der Waals surface area contributed by atoms with Gasteiger partial charge < -0.3 is 15.2 Å². The molecule has 2 rings (SSSR count). The summed E-state index contributed by atoms with van der Waals surface area (Å²) in [7, 11) is 0. The first-order valence-electron chi connectivity index (χ1n) is 5.32. The number of aliphatic hydroxyl groups is 1. The number of nitrogens with one attached hydrogen (secondary N) is 1. The average molecular weight is 185 g/mol. The van der Waals surface area contributed by atoms with Crippen molar-refractivity contribution in [3.63, 3.8) is 0 Å². The van der Waals surface area contributed by atoms with Gasteiger partial charge in [0, 0.05) is 6.61 Å². The maximum atomic E-state index is 9.12.